The van der Waals surface area contributed by atoms with Crippen molar-refractivity contribution in [1.29, 1.82) is 0 Å². The van der Waals surface area contributed by atoms with Crippen LogP contribution in [0.1, 0.15) is 36.7 Å². The molecule has 98 valence electrons. The van der Waals surface area contributed by atoms with Gasteiger partial charge in [0.05, 0.1) is 12.6 Å². The van der Waals surface area contributed by atoms with Crippen LogP contribution in [0.4, 0.5) is 0 Å². The first-order valence-electron chi connectivity index (χ1n) is 6.08. The predicted octanol–water partition coefficient (Wildman–Crippen LogP) is 1.11. The Morgan fingerprint density at radius 2 is 2.33 bits per heavy atom. The molecule has 0 saturated carbocycles. The van der Waals surface area contributed by atoms with Crippen LogP contribution in [0.25, 0.3) is 0 Å². The Morgan fingerprint density at radius 3 is 2.94 bits per heavy atom. The van der Waals surface area contributed by atoms with Crippen LogP contribution in [0.3, 0.4) is 0 Å². The third-order valence-corrected chi connectivity index (χ3v) is 4.51. The molecule has 1 aliphatic rings. The van der Waals surface area contributed by atoms with Gasteiger partial charge in [-0.15, -0.1) is 11.3 Å². The summed E-state index contributed by atoms with van der Waals surface area (Å²) >= 11 is 1.60. The summed E-state index contributed by atoms with van der Waals surface area (Å²) in [5, 5.41) is 3.48. The summed E-state index contributed by atoms with van der Waals surface area (Å²) in [4.78, 5) is 30.7. The quantitative estimate of drug-likeness (QED) is 0.892. The maximum Gasteiger partial charge on any atom is 0.243 e. The first-order chi connectivity index (χ1) is 8.54. The van der Waals surface area contributed by atoms with E-state index in [2.05, 4.69) is 17.2 Å². The Balaban J connectivity index is 2.23. The molecule has 0 bridgehead atoms. The first-order valence-corrected chi connectivity index (χ1v) is 6.89. The van der Waals surface area contributed by atoms with Crippen LogP contribution >= 0.6 is 11.3 Å². The minimum absolute atomic E-state index is 0.0529. The van der Waals surface area contributed by atoms with Crippen LogP contribution < -0.4 is 5.32 Å². The van der Waals surface area contributed by atoms with Gasteiger partial charge in [-0.1, -0.05) is 6.92 Å². The summed E-state index contributed by atoms with van der Waals surface area (Å²) in [5.41, 5.74) is 0. The standard InChI is InChI=1S/C12H17N3O2S/c1-4-9-5-14-12(18-9)8(3)15-7(2)11(17)13-6-10(15)16/h5,7-8H,4,6H2,1-3H3,(H,13,17). The van der Waals surface area contributed by atoms with Gasteiger partial charge in [-0.3, -0.25) is 9.59 Å². The van der Waals surface area contributed by atoms with Crippen LogP contribution in [0.15, 0.2) is 6.20 Å². The number of thiazole rings is 1. The highest BCUT2D eigenvalue weighted by atomic mass is 32.1. The molecule has 2 atom stereocenters. The molecule has 18 heavy (non-hydrogen) atoms. The number of hydrogen-bond donors (Lipinski definition) is 1. The predicted molar refractivity (Wildman–Crippen MR) is 69.2 cm³/mol. The number of carbonyl (C=O) groups is 2. The molecule has 0 spiro atoms. The first kappa shape index (κ1) is 13.0. The van der Waals surface area contributed by atoms with Gasteiger partial charge in [0.1, 0.15) is 11.0 Å². The van der Waals surface area contributed by atoms with Gasteiger partial charge in [-0.2, -0.15) is 0 Å². The molecular weight excluding hydrogens is 250 g/mol. The number of nitrogens with zero attached hydrogens (tertiary/aromatic N) is 2. The van der Waals surface area contributed by atoms with E-state index in [1.807, 2.05) is 13.1 Å². The molecule has 1 saturated heterocycles. The second-order valence-corrected chi connectivity index (χ2v) is 5.54. The van der Waals surface area contributed by atoms with Crippen molar-refractivity contribution < 1.29 is 9.59 Å². The van der Waals surface area contributed by atoms with Crippen molar-refractivity contribution in [2.45, 2.75) is 39.3 Å². The molecule has 0 aromatic carbocycles. The molecule has 1 aromatic heterocycles. The molecule has 0 radical (unpaired) electrons. The van der Waals surface area contributed by atoms with E-state index in [-0.39, 0.29) is 24.4 Å². The molecule has 1 aromatic rings. The Kier molecular flexibility index (Phi) is 3.65. The van der Waals surface area contributed by atoms with E-state index in [1.165, 1.54) is 4.88 Å². The highest BCUT2D eigenvalue weighted by Gasteiger charge is 2.35. The summed E-state index contributed by atoms with van der Waals surface area (Å²) in [6, 6.07) is -0.584. The summed E-state index contributed by atoms with van der Waals surface area (Å²) in [5.74, 6) is -0.156. The highest BCUT2D eigenvalue weighted by Crippen LogP contribution is 2.27. The molecule has 2 heterocycles. The number of carbonyl (C=O) groups excluding carboxylic acids is 2. The fourth-order valence-electron chi connectivity index (χ4n) is 2.09. The average Bonchev–Trinajstić information content (AvgIpc) is 2.83. The zero-order valence-corrected chi connectivity index (χ0v) is 11.6. The maximum atomic E-state index is 11.9. The minimum Gasteiger partial charge on any atom is -0.345 e. The normalized spacial score (nSPS) is 21.9. The van der Waals surface area contributed by atoms with Gasteiger partial charge in [-0.05, 0) is 20.3 Å². The third kappa shape index (κ3) is 2.25. The Hall–Kier alpha value is -1.43. The fourth-order valence-corrected chi connectivity index (χ4v) is 3.00. The molecule has 2 amide bonds. The van der Waals surface area contributed by atoms with Crippen molar-refractivity contribution in [3.8, 4) is 0 Å². The number of nitrogens with one attached hydrogen (secondary N) is 1. The summed E-state index contributed by atoms with van der Waals surface area (Å²) in [7, 11) is 0. The number of hydrogen-bond acceptors (Lipinski definition) is 4. The largest absolute Gasteiger partial charge is 0.345 e. The van der Waals surface area contributed by atoms with Gasteiger partial charge in [-0.25, -0.2) is 4.98 Å². The molecule has 1 fully saturated rings. The summed E-state index contributed by atoms with van der Waals surface area (Å²) < 4.78 is 0. The number of aryl methyl sites for hydroxylation is 1. The number of amides is 2. The van der Waals surface area contributed by atoms with Gasteiger partial charge in [0, 0.05) is 11.1 Å². The van der Waals surface area contributed by atoms with Gasteiger partial charge in [0.2, 0.25) is 11.8 Å². The lowest BCUT2D eigenvalue weighted by Gasteiger charge is -2.36. The smallest absolute Gasteiger partial charge is 0.243 e. The van der Waals surface area contributed by atoms with Crippen LogP contribution in [0.5, 0.6) is 0 Å². The molecule has 6 heteroatoms. The lowest BCUT2D eigenvalue weighted by molar-refractivity contribution is -0.147. The van der Waals surface area contributed by atoms with E-state index in [1.54, 1.807) is 23.2 Å². The number of aromatic nitrogens is 1. The van der Waals surface area contributed by atoms with Gasteiger partial charge in [0.25, 0.3) is 0 Å². The third-order valence-electron chi connectivity index (χ3n) is 3.19. The van der Waals surface area contributed by atoms with E-state index < -0.39 is 6.04 Å². The fraction of sp³-hybridized carbons (Fsp3) is 0.583. The number of piperazine rings is 1. The summed E-state index contributed by atoms with van der Waals surface area (Å²) in [6.07, 6.45) is 2.78. The molecule has 2 unspecified atom stereocenters. The summed E-state index contributed by atoms with van der Waals surface area (Å²) in [6.45, 7) is 5.83. The van der Waals surface area contributed by atoms with Crippen molar-refractivity contribution in [2.75, 3.05) is 6.54 Å². The Bertz CT molecular complexity index is 472. The molecule has 0 aliphatic carbocycles. The van der Waals surface area contributed by atoms with Crippen molar-refractivity contribution in [1.82, 2.24) is 15.2 Å². The van der Waals surface area contributed by atoms with Crippen molar-refractivity contribution in [3.63, 3.8) is 0 Å². The molecular formula is C12H17N3O2S. The molecule has 5 nitrogen and oxygen atoms in total. The zero-order valence-electron chi connectivity index (χ0n) is 10.8. The lowest BCUT2D eigenvalue weighted by atomic mass is 10.1. The minimum atomic E-state index is -0.435. The average molecular weight is 267 g/mol. The monoisotopic (exact) mass is 267 g/mol. The zero-order chi connectivity index (χ0) is 13.3. The van der Waals surface area contributed by atoms with Crippen LogP contribution in [0, 0.1) is 0 Å². The van der Waals surface area contributed by atoms with Crippen molar-refractivity contribution in [2.24, 2.45) is 0 Å². The second kappa shape index (κ2) is 5.06. The van der Waals surface area contributed by atoms with E-state index in [9.17, 15) is 9.59 Å². The Labute approximate surface area is 110 Å². The highest BCUT2D eigenvalue weighted by molar-refractivity contribution is 7.11. The topological polar surface area (TPSA) is 62.3 Å². The van der Waals surface area contributed by atoms with E-state index in [0.717, 1.165) is 11.4 Å². The van der Waals surface area contributed by atoms with Crippen LogP contribution in [-0.4, -0.2) is 34.3 Å². The van der Waals surface area contributed by atoms with Crippen molar-refractivity contribution in [3.05, 3.63) is 16.1 Å². The molecule has 1 aliphatic heterocycles. The van der Waals surface area contributed by atoms with Crippen molar-refractivity contribution >= 4 is 23.2 Å². The number of rotatable bonds is 3. The van der Waals surface area contributed by atoms with Crippen LogP contribution in [0.2, 0.25) is 0 Å². The van der Waals surface area contributed by atoms with E-state index in [0.29, 0.717) is 0 Å². The van der Waals surface area contributed by atoms with Crippen LogP contribution in [-0.2, 0) is 16.0 Å². The Morgan fingerprint density at radius 1 is 1.61 bits per heavy atom. The molecule has 2 rings (SSSR count). The second-order valence-electron chi connectivity index (χ2n) is 4.39. The van der Waals surface area contributed by atoms with Gasteiger partial charge >= 0.3 is 0 Å². The van der Waals surface area contributed by atoms with Gasteiger partial charge < -0.3 is 10.2 Å². The molecule has 1 N–H and O–H groups in total. The SMILES string of the molecule is CCc1cnc(C(C)N2C(=O)CNC(=O)C2C)s1. The van der Waals surface area contributed by atoms with E-state index >= 15 is 0 Å². The lowest BCUT2D eigenvalue weighted by Crippen LogP contribution is -2.57. The van der Waals surface area contributed by atoms with E-state index in [4.69, 9.17) is 0 Å². The van der Waals surface area contributed by atoms with Gasteiger partial charge in [0.15, 0.2) is 0 Å². The maximum absolute atomic E-state index is 11.9.